The minimum absolute atomic E-state index is 0.930. The Morgan fingerprint density at radius 1 is 1.12 bits per heavy atom. The molecule has 1 aromatic carbocycles. The van der Waals surface area contributed by atoms with E-state index in [0.29, 0.717) is 0 Å². The van der Waals surface area contributed by atoms with Gasteiger partial charge in [-0.25, -0.2) is 0 Å². The Morgan fingerprint density at radius 3 is 2.12 bits per heavy atom. The lowest BCUT2D eigenvalue weighted by Crippen LogP contribution is -2.07. The lowest BCUT2D eigenvalue weighted by molar-refractivity contribution is 1.77. The van der Waals surface area contributed by atoms with Crippen LogP contribution in [0.3, 0.4) is 0 Å². The second-order valence-electron chi connectivity index (χ2n) is 1.62. The highest BCUT2D eigenvalue weighted by atomic mass is 28.2. The molecule has 1 rings (SSSR count). The summed E-state index contributed by atoms with van der Waals surface area (Å²) in [5.74, 6) is 0. The Kier molecular flexibility index (Phi) is 1.86. The SMILES string of the molecule is C[Si]c1ccccc1. The summed E-state index contributed by atoms with van der Waals surface area (Å²) in [6.45, 7) is 2.19. The zero-order valence-electron chi connectivity index (χ0n) is 4.89. The number of rotatable bonds is 1. The monoisotopic (exact) mass is 120 g/mol. The van der Waals surface area contributed by atoms with Gasteiger partial charge >= 0.3 is 0 Å². The molecule has 2 radical (unpaired) electrons. The van der Waals surface area contributed by atoms with E-state index >= 15 is 0 Å². The molecule has 0 aliphatic heterocycles. The predicted octanol–water partition coefficient (Wildman–Crippen LogP) is 1.06. The molecule has 0 nitrogen and oxygen atoms in total. The molecule has 1 aromatic rings. The maximum Gasteiger partial charge on any atom is 0.0773 e. The Labute approximate surface area is 52.4 Å². The van der Waals surface area contributed by atoms with Crippen molar-refractivity contribution in [3.63, 3.8) is 0 Å². The normalized spacial score (nSPS) is 9.12. The third-order valence-electron chi connectivity index (χ3n) is 1.06. The van der Waals surface area contributed by atoms with E-state index in [0.717, 1.165) is 9.52 Å². The van der Waals surface area contributed by atoms with Crippen molar-refractivity contribution in [1.29, 1.82) is 0 Å². The van der Waals surface area contributed by atoms with Crippen LogP contribution in [-0.2, 0) is 0 Å². The molecule has 8 heavy (non-hydrogen) atoms. The van der Waals surface area contributed by atoms with Crippen molar-refractivity contribution in [2.24, 2.45) is 0 Å². The molecular weight excluding hydrogens is 112 g/mol. The molecule has 0 saturated heterocycles. The molecule has 0 unspecified atom stereocenters. The second kappa shape index (κ2) is 2.67. The Balaban J connectivity index is 2.83. The van der Waals surface area contributed by atoms with Crippen LogP contribution in [0.5, 0.6) is 0 Å². The zero-order chi connectivity index (χ0) is 5.82. The summed E-state index contributed by atoms with van der Waals surface area (Å²) in [5.41, 5.74) is 0. The van der Waals surface area contributed by atoms with Gasteiger partial charge in [-0.2, -0.15) is 0 Å². The van der Waals surface area contributed by atoms with Crippen molar-refractivity contribution < 1.29 is 0 Å². The fourth-order valence-corrected chi connectivity index (χ4v) is 1.13. The van der Waals surface area contributed by atoms with E-state index in [9.17, 15) is 0 Å². The van der Waals surface area contributed by atoms with Gasteiger partial charge in [0.2, 0.25) is 0 Å². The van der Waals surface area contributed by atoms with Crippen LogP contribution in [0.25, 0.3) is 0 Å². The lowest BCUT2D eigenvalue weighted by atomic mass is 10.4. The standard InChI is InChI=1S/C7H8Si/c1-8-7-5-3-2-4-6-7/h2-6H,1H3. The van der Waals surface area contributed by atoms with Crippen molar-refractivity contribution >= 4 is 14.7 Å². The van der Waals surface area contributed by atoms with E-state index in [-0.39, 0.29) is 0 Å². The molecule has 40 valence electrons. The van der Waals surface area contributed by atoms with Crippen LogP contribution < -0.4 is 5.19 Å². The first-order valence-electron chi connectivity index (χ1n) is 2.66. The molecule has 0 atom stereocenters. The topological polar surface area (TPSA) is 0 Å². The van der Waals surface area contributed by atoms with Crippen LogP contribution in [0.1, 0.15) is 0 Å². The van der Waals surface area contributed by atoms with Crippen LogP contribution >= 0.6 is 0 Å². The van der Waals surface area contributed by atoms with E-state index in [4.69, 9.17) is 0 Å². The van der Waals surface area contributed by atoms with Gasteiger partial charge in [0, 0.05) is 0 Å². The molecule has 0 aliphatic carbocycles. The molecule has 0 N–H and O–H groups in total. The highest BCUT2D eigenvalue weighted by Gasteiger charge is 1.81. The molecule has 0 aliphatic rings. The van der Waals surface area contributed by atoms with Gasteiger partial charge in [0.25, 0.3) is 0 Å². The van der Waals surface area contributed by atoms with Gasteiger partial charge in [-0.1, -0.05) is 42.1 Å². The molecule has 0 bridgehead atoms. The van der Waals surface area contributed by atoms with Crippen LogP contribution in [0.2, 0.25) is 6.55 Å². The molecule has 0 fully saturated rings. The Bertz CT molecular complexity index is 146. The number of hydrogen-bond acceptors (Lipinski definition) is 0. The zero-order valence-corrected chi connectivity index (χ0v) is 5.89. The van der Waals surface area contributed by atoms with Crippen molar-refractivity contribution in [3.05, 3.63) is 30.3 Å². The maximum absolute atomic E-state index is 2.19. The third-order valence-corrected chi connectivity index (χ3v) is 1.97. The summed E-state index contributed by atoms with van der Waals surface area (Å²) in [5, 5.41) is 1.44. The minimum atomic E-state index is 0.930. The molecular formula is C7H8Si. The molecule has 0 spiro atoms. The first kappa shape index (κ1) is 5.57. The van der Waals surface area contributed by atoms with Crippen molar-refractivity contribution in [2.75, 3.05) is 0 Å². The van der Waals surface area contributed by atoms with E-state index in [1.54, 1.807) is 0 Å². The molecule has 0 amide bonds. The van der Waals surface area contributed by atoms with Gasteiger partial charge in [-0.3, -0.25) is 0 Å². The first-order valence-corrected chi connectivity index (χ1v) is 4.16. The van der Waals surface area contributed by atoms with Gasteiger partial charge in [0.15, 0.2) is 0 Å². The average molecular weight is 120 g/mol. The highest BCUT2D eigenvalue weighted by molar-refractivity contribution is 6.51. The predicted molar refractivity (Wildman–Crippen MR) is 37.7 cm³/mol. The Morgan fingerprint density at radius 2 is 1.75 bits per heavy atom. The third kappa shape index (κ3) is 1.20. The quantitative estimate of drug-likeness (QED) is 0.486. The summed E-state index contributed by atoms with van der Waals surface area (Å²) in [7, 11) is 0.930. The Hall–Kier alpha value is -0.563. The van der Waals surface area contributed by atoms with Gasteiger partial charge in [0.1, 0.15) is 0 Å². The van der Waals surface area contributed by atoms with Gasteiger partial charge in [0.05, 0.1) is 9.52 Å². The second-order valence-corrected chi connectivity index (χ2v) is 2.69. The van der Waals surface area contributed by atoms with Crippen molar-refractivity contribution in [3.8, 4) is 0 Å². The number of benzene rings is 1. The average Bonchev–Trinajstić information content (AvgIpc) is 1.90. The number of hydrogen-bond donors (Lipinski definition) is 0. The van der Waals surface area contributed by atoms with E-state index in [1.165, 1.54) is 5.19 Å². The van der Waals surface area contributed by atoms with Crippen LogP contribution in [-0.4, -0.2) is 9.52 Å². The fraction of sp³-hybridized carbons (Fsp3) is 0.143. The smallest absolute Gasteiger partial charge is 0.0688 e. The van der Waals surface area contributed by atoms with Crippen LogP contribution in [0.15, 0.2) is 30.3 Å². The van der Waals surface area contributed by atoms with Crippen molar-refractivity contribution in [2.45, 2.75) is 6.55 Å². The molecule has 0 aromatic heterocycles. The molecule has 1 heteroatoms. The minimum Gasteiger partial charge on any atom is -0.0688 e. The maximum atomic E-state index is 2.19. The van der Waals surface area contributed by atoms with E-state index < -0.39 is 0 Å². The summed E-state index contributed by atoms with van der Waals surface area (Å²) in [6, 6.07) is 10.5. The molecule has 0 saturated carbocycles. The van der Waals surface area contributed by atoms with E-state index in [1.807, 2.05) is 6.07 Å². The fourth-order valence-electron chi connectivity index (χ4n) is 0.605. The molecule has 0 heterocycles. The lowest BCUT2D eigenvalue weighted by Gasteiger charge is -1.88. The van der Waals surface area contributed by atoms with Crippen molar-refractivity contribution in [1.82, 2.24) is 0 Å². The first-order chi connectivity index (χ1) is 3.93. The highest BCUT2D eigenvalue weighted by Crippen LogP contribution is 1.79. The van der Waals surface area contributed by atoms with Gasteiger partial charge in [-0.05, 0) is 0 Å². The largest absolute Gasteiger partial charge is 0.0773 e. The summed E-state index contributed by atoms with van der Waals surface area (Å²) in [6.07, 6.45) is 0. The van der Waals surface area contributed by atoms with E-state index in [2.05, 4.69) is 30.8 Å². The van der Waals surface area contributed by atoms with Gasteiger partial charge < -0.3 is 0 Å². The summed E-state index contributed by atoms with van der Waals surface area (Å²) >= 11 is 0. The van der Waals surface area contributed by atoms with Crippen LogP contribution in [0.4, 0.5) is 0 Å². The summed E-state index contributed by atoms with van der Waals surface area (Å²) < 4.78 is 0. The van der Waals surface area contributed by atoms with Crippen LogP contribution in [0, 0.1) is 0 Å². The summed E-state index contributed by atoms with van der Waals surface area (Å²) in [4.78, 5) is 0. The van der Waals surface area contributed by atoms with Gasteiger partial charge in [-0.15, -0.1) is 0 Å².